The van der Waals surface area contributed by atoms with Crippen LogP contribution >= 0.6 is 0 Å². The second-order valence-corrected chi connectivity index (χ2v) is 12.1. The molecular formula is C31H48O4. The first kappa shape index (κ1) is 26.5. The third kappa shape index (κ3) is 6.24. The number of hydrogen-bond acceptors (Lipinski definition) is 4. The number of carbonyl (C=O) groups is 1. The molecule has 0 saturated heterocycles. The van der Waals surface area contributed by atoms with E-state index in [0.717, 1.165) is 32.1 Å². The second-order valence-electron chi connectivity index (χ2n) is 12.1. The summed E-state index contributed by atoms with van der Waals surface area (Å²) in [6.45, 7) is 4.41. The maximum atomic E-state index is 10.8. The summed E-state index contributed by atoms with van der Waals surface area (Å²) in [6, 6.07) is 6.11. The molecule has 3 aliphatic rings. The van der Waals surface area contributed by atoms with Gasteiger partial charge in [-0.1, -0.05) is 64.4 Å². The van der Waals surface area contributed by atoms with Crippen LogP contribution in [0.5, 0.6) is 5.75 Å². The Morgan fingerprint density at radius 1 is 1.00 bits per heavy atom. The molecule has 2 fully saturated rings. The molecular weight excluding hydrogens is 436 g/mol. The molecule has 6 atom stereocenters. The van der Waals surface area contributed by atoms with Gasteiger partial charge in [-0.15, -0.1) is 0 Å². The monoisotopic (exact) mass is 484 g/mol. The van der Waals surface area contributed by atoms with Crippen molar-refractivity contribution < 1.29 is 19.7 Å². The van der Waals surface area contributed by atoms with Gasteiger partial charge in [0.15, 0.2) is 0 Å². The lowest BCUT2D eigenvalue weighted by Gasteiger charge is -2.53. The minimum absolute atomic E-state index is 0.103. The first-order valence-corrected chi connectivity index (χ1v) is 14.5. The van der Waals surface area contributed by atoms with E-state index in [0.29, 0.717) is 36.0 Å². The van der Waals surface area contributed by atoms with E-state index in [1.807, 2.05) is 12.1 Å². The van der Waals surface area contributed by atoms with Gasteiger partial charge in [-0.05, 0) is 97.3 Å². The minimum Gasteiger partial charge on any atom is -0.508 e. The summed E-state index contributed by atoms with van der Waals surface area (Å²) in [7, 11) is 0. The summed E-state index contributed by atoms with van der Waals surface area (Å²) in [5, 5.41) is 21.0. The number of phenols is 1. The highest BCUT2D eigenvalue weighted by Crippen LogP contribution is 2.62. The van der Waals surface area contributed by atoms with Crippen molar-refractivity contribution in [3.05, 3.63) is 29.3 Å². The van der Waals surface area contributed by atoms with Crippen LogP contribution in [0.4, 0.5) is 0 Å². The van der Waals surface area contributed by atoms with Crippen molar-refractivity contribution in [1.82, 2.24) is 0 Å². The third-order valence-corrected chi connectivity index (χ3v) is 9.86. The number of phenolic OH excluding ortho intramolecular Hbond substituents is 1. The fourth-order valence-corrected chi connectivity index (χ4v) is 7.99. The SMILES string of the molecule is CC(=O)OCCCCCCCCCCC[C@@H]1Cc2cc(O)ccc2[C@H]2CC[C@]3(C)[C@@H](O)CC[C@H]3[C@H]12. The fourth-order valence-electron chi connectivity index (χ4n) is 7.99. The number of unbranched alkanes of at least 4 members (excludes halogenated alkanes) is 8. The fraction of sp³-hybridized carbons (Fsp3) is 0.774. The molecule has 0 radical (unpaired) electrons. The lowest BCUT2D eigenvalue weighted by atomic mass is 9.52. The van der Waals surface area contributed by atoms with E-state index in [1.165, 1.54) is 82.3 Å². The summed E-state index contributed by atoms with van der Waals surface area (Å²) in [5.74, 6) is 2.85. The van der Waals surface area contributed by atoms with E-state index in [1.54, 1.807) is 0 Å². The molecule has 4 nitrogen and oxygen atoms in total. The summed E-state index contributed by atoms with van der Waals surface area (Å²) in [5.41, 5.74) is 2.97. The van der Waals surface area contributed by atoms with Gasteiger partial charge in [0, 0.05) is 6.92 Å². The van der Waals surface area contributed by atoms with Crippen molar-refractivity contribution in [2.45, 2.75) is 122 Å². The Bertz CT molecular complexity index is 835. The van der Waals surface area contributed by atoms with E-state index in [2.05, 4.69) is 13.0 Å². The first-order valence-electron chi connectivity index (χ1n) is 14.5. The van der Waals surface area contributed by atoms with Gasteiger partial charge in [-0.25, -0.2) is 0 Å². The van der Waals surface area contributed by atoms with Gasteiger partial charge in [-0.3, -0.25) is 4.79 Å². The summed E-state index contributed by atoms with van der Waals surface area (Å²) in [4.78, 5) is 10.8. The Kier molecular flexibility index (Phi) is 9.18. The number of rotatable bonds is 12. The molecule has 35 heavy (non-hydrogen) atoms. The van der Waals surface area contributed by atoms with Crippen LogP contribution in [-0.2, 0) is 16.0 Å². The highest BCUT2D eigenvalue weighted by molar-refractivity contribution is 5.65. The zero-order valence-electron chi connectivity index (χ0n) is 22.1. The summed E-state index contributed by atoms with van der Waals surface area (Å²) in [6.07, 6.45) is 18.0. The van der Waals surface area contributed by atoms with Crippen LogP contribution in [-0.4, -0.2) is 28.9 Å². The molecule has 0 aliphatic heterocycles. The van der Waals surface area contributed by atoms with E-state index < -0.39 is 0 Å². The number of fused-ring (bicyclic) bond motifs is 5. The standard InChI is InChI=1S/C31H48O4/c1-22(32)35-19-11-9-7-5-3-4-6-8-10-12-23-20-24-21-25(33)13-14-26(24)27-17-18-31(2)28(30(23)27)15-16-29(31)34/h13-14,21,23,27-30,33-34H,3-12,15-20H2,1-2H3/t23-,27-,28+,29+,30-,31+/m1/s1. The molecule has 1 aromatic carbocycles. The quantitative estimate of drug-likeness (QED) is 0.241. The van der Waals surface area contributed by atoms with E-state index in [-0.39, 0.29) is 17.5 Å². The Balaban J connectivity index is 1.24. The zero-order chi connectivity index (χ0) is 24.8. The first-order chi connectivity index (χ1) is 16.9. The summed E-state index contributed by atoms with van der Waals surface area (Å²) >= 11 is 0. The Labute approximate surface area is 212 Å². The van der Waals surface area contributed by atoms with Crippen LogP contribution in [0.25, 0.3) is 0 Å². The van der Waals surface area contributed by atoms with Gasteiger partial charge < -0.3 is 14.9 Å². The molecule has 1 aromatic rings. The summed E-state index contributed by atoms with van der Waals surface area (Å²) < 4.78 is 4.99. The van der Waals surface area contributed by atoms with Crippen LogP contribution in [0.2, 0.25) is 0 Å². The molecule has 0 unspecified atom stereocenters. The number of aliphatic hydroxyl groups is 1. The minimum atomic E-state index is -0.172. The molecule has 0 bridgehead atoms. The van der Waals surface area contributed by atoms with Crippen molar-refractivity contribution in [3.63, 3.8) is 0 Å². The van der Waals surface area contributed by atoms with Crippen molar-refractivity contribution >= 4 is 5.97 Å². The topological polar surface area (TPSA) is 66.8 Å². The van der Waals surface area contributed by atoms with Crippen molar-refractivity contribution in [2.24, 2.45) is 23.2 Å². The van der Waals surface area contributed by atoms with Crippen LogP contribution in [0, 0.1) is 23.2 Å². The van der Waals surface area contributed by atoms with Gasteiger partial charge in [0.05, 0.1) is 12.7 Å². The molecule has 0 spiro atoms. The Morgan fingerprint density at radius 2 is 1.69 bits per heavy atom. The molecule has 3 aliphatic carbocycles. The Morgan fingerprint density at radius 3 is 2.40 bits per heavy atom. The highest BCUT2D eigenvalue weighted by Gasteiger charge is 2.56. The van der Waals surface area contributed by atoms with Crippen LogP contribution in [0.15, 0.2) is 18.2 Å². The third-order valence-electron chi connectivity index (χ3n) is 9.86. The number of esters is 1. The molecule has 196 valence electrons. The normalized spacial score (nSPS) is 31.5. The highest BCUT2D eigenvalue weighted by atomic mass is 16.5. The van der Waals surface area contributed by atoms with Crippen LogP contribution in [0.1, 0.15) is 121 Å². The van der Waals surface area contributed by atoms with E-state index >= 15 is 0 Å². The predicted octanol–water partition coefficient (Wildman–Crippen LogP) is 7.30. The lowest BCUT2D eigenvalue weighted by Crippen LogP contribution is -2.47. The van der Waals surface area contributed by atoms with Gasteiger partial charge in [0.25, 0.3) is 0 Å². The van der Waals surface area contributed by atoms with Crippen LogP contribution < -0.4 is 0 Å². The maximum Gasteiger partial charge on any atom is 0.302 e. The van der Waals surface area contributed by atoms with Crippen molar-refractivity contribution in [1.29, 1.82) is 0 Å². The molecule has 4 heteroatoms. The van der Waals surface area contributed by atoms with Gasteiger partial charge in [0.1, 0.15) is 5.75 Å². The predicted molar refractivity (Wildman–Crippen MR) is 140 cm³/mol. The zero-order valence-corrected chi connectivity index (χ0v) is 22.1. The molecule has 4 rings (SSSR count). The lowest BCUT2D eigenvalue weighted by molar-refractivity contribution is -0.141. The molecule has 0 aromatic heterocycles. The Hall–Kier alpha value is -1.55. The number of benzene rings is 1. The van der Waals surface area contributed by atoms with Crippen molar-refractivity contribution in [2.75, 3.05) is 6.61 Å². The smallest absolute Gasteiger partial charge is 0.302 e. The van der Waals surface area contributed by atoms with Gasteiger partial charge in [-0.2, -0.15) is 0 Å². The van der Waals surface area contributed by atoms with Gasteiger partial charge in [0.2, 0.25) is 0 Å². The maximum absolute atomic E-state index is 10.8. The molecule has 2 saturated carbocycles. The number of aromatic hydroxyl groups is 1. The molecule has 0 heterocycles. The van der Waals surface area contributed by atoms with E-state index in [4.69, 9.17) is 4.74 Å². The van der Waals surface area contributed by atoms with Gasteiger partial charge >= 0.3 is 5.97 Å². The second kappa shape index (κ2) is 12.1. The number of ether oxygens (including phenoxy) is 1. The average Bonchev–Trinajstić information content (AvgIpc) is 3.13. The van der Waals surface area contributed by atoms with Crippen LogP contribution in [0.3, 0.4) is 0 Å². The number of carbonyl (C=O) groups excluding carboxylic acids is 1. The molecule has 0 amide bonds. The number of aliphatic hydroxyl groups excluding tert-OH is 1. The number of hydrogen-bond donors (Lipinski definition) is 2. The van der Waals surface area contributed by atoms with Crippen molar-refractivity contribution in [3.8, 4) is 5.75 Å². The van der Waals surface area contributed by atoms with E-state index in [9.17, 15) is 15.0 Å². The largest absolute Gasteiger partial charge is 0.508 e. The molecule has 2 N–H and O–H groups in total. The average molecular weight is 485 g/mol.